The zero-order valence-corrected chi connectivity index (χ0v) is 13.8. The van der Waals surface area contributed by atoms with E-state index in [0.717, 1.165) is 22.7 Å². The van der Waals surface area contributed by atoms with Gasteiger partial charge in [0.25, 0.3) is 5.91 Å². The minimum absolute atomic E-state index is 0.408. The van der Waals surface area contributed by atoms with Crippen molar-refractivity contribution in [2.75, 3.05) is 7.11 Å². The Morgan fingerprint density at radius 2 is 1.75 bits per heavy atom. The number of hydrogen-bond donors (Lipinski definition) is 1. The third-order valence-electron chi connectivity index (χ3n) is 4.20. The number of carbonyl (C=O) groups is 1. The first-order valence-electron chi connectivity index (χ1n) is 7.78. The van der Waals surface area contributed by atoms with Crippen LogP contribution in [0, 0.1) is 6.92 Å². The smallest absolute Gasteiger partial charge is 0.250 e. The van der Waals surface area contributed by atoms with E-state index in [1.54, 1.807) is 7.11 Å². The largest absolute Gasteiger partial charge is 0.497 e. The van der Waals surface area contributed by atoms with Crippen molar-refractivity contribution in [3.05, 3.63) is 77.5 Å². The van der Waals surface area contributed by atoms with Gasteiger partial charge >= 0.3 is 0 Å². The summed E-state index contributed by atoms with van der Waals surface area (Å²) in [6, 6.07) is 19.8. The Hall–Kier alpha value is -3.01. The van der Waals surface area contributed by atoms with Crippen molar-refractivity contribution >= 4 is 5.91 Å². The SMILES string of the molecule is COc1ccc(-c2cc(C(N)=O)c(C)n2Cc2ccccc2)cc1. The van der Waals surface area contributed by atoms with Crippen molar-refractivity contribution in [1.82, 2.24) is 4.57 Å². The predicted octanol–water partition coefficient (Wildman–Crippen LogP) is 3.62. The molecule has 0 radical (unpaired) electrons. The Balaban J connectivity index is 2.09. The maximum absolute atomic E-state index is 11.8. The lowest BCUT2D eigenvalue weighted by atomic mass is 10.1. The molecule has 0 saturated carbocycles. The first-order chi connectivity index (χ1) is 11.6. The molecule has 122 valence electrons. The number of primary amides is 1. The lowest BCUT2D eigenvalue weighted by Gasteiger charge is -2.13. The number of amides is 1. The molecule has 2 N–H and O–H groups in total. The van der Waals surface area contributed by atoms with Crippen LogP contribution in [0.3, 0.4) is 0 Å². The van der Waals surface area contributed by atoms with Crippen molar-refractivity contribution < 1.29 is 9.53 Å². The highest BCUT2D eigenvalue weighted by Crippen LogP contribution is 2.28. The molecule has 0 aliphatic rings. The van der Waals surface area contributed by atoms with E-state index in [9.17, 15) is 4.79 Å². The van der Waals surface area contributed by atoms with Gasteiger partial charge in [-0.3, -0.25) is 4.79 Å². The first kappa shape index (κ1) is 15.9. The minimum Gasteiger partial charge on any atom is -0.497 e. The van der Waals surface area contributed by atoms with E-state index in [1.807, 2.05) is 55.5 Å². The van der Waals surface area contributed by atoms with Gasteiger partial charge in [-0.15, -0.1) is 0 Å². The van der Waals surface area contributed by atoms with E-state index in [0.29, 0.717) is 12.1 Å². The monoisotopic (exact) mass is 320 g/mol. The van der Waals surface area contributed by atoms with Crippen LogP contribution in [-0.2, 0) is 6.54 Å². The summed E-state index contributed by atoms with van der Waals surface area (Å²) in [6.07, 6.45) is 0. The van der Waals surface area contributed by atoms with E-state index >= 15 is 0 Å². The van der Waals surface area contributed by atoms with E-state index < -0.39 is 5.91 Å². The van der Waals surface area contributed by atoms with Crippen molar-refractivity contribution in [2.45, 2.75) is 13.5 Å². The summed E-state index contributed by atoms with van der Waals surface area (Å²) in [6.45, 7) is 2.61. The van der Waals surface area contributed by atoms with Crippen LogP contribution in [0.4, 0.5) is 0 Å². The molecule has 2 aromatic carbocycles. The second-order valence-corrected chi connectivity index (χ2v) is 5.69. The fourth-order valence-electron chi connectivity index (χ4n) is 2.87. The number of benzene rings is 2. The number of hydrogen-bond acceptors (Lipinski definition) is 2. The summed E-state index contributed by atoms with van der Waals surface area (Å²) in [5, 5.41) is 0. The molecule has 0 bridgehead atoms. The molecule has 0 unspecified atom stereocenters. The van der Waals surface area contributed by atoms with Crippen LogP contribution >= 0.6 is 0 Å². The molecule has 1 aromatic heterocycles. The molecule has 1 amide bonds. The van der Waals surface area contributed by atoms with Gasteiger partial charge in [0.05, 0.1) is 12.7 Å². The normalized spacial score (nSPS) is 10.6. The summed E-state index contributed by atoms with van der Waals surface area (Å²) in [4.78, 5) is 11.8. The molecule has 0 saturated heterocycles. The zero-order chi connectivity index (χ0) is 17.1. The number of nitrogens with zero attached hydrogens (tertiary/aromatic N) is 1. The molecule has 24 heavy (non-hydrogen) atoms. The molecule has 0 fully saturated rings. The van der Waals surface area contributed by atoms with Crippen LogP contribution in [0.15, 0.2) is 60.7 Å². The Morgan fingerprint density at radius 3 is 2.33 bits per heavy atom. The number of ether oxygens (including phenoxy) is 1. The molecule has 0 atom stereocenters. The second-order valence-electron chi connectivity index (χ2n) is 5.69. The van der Waals surface area contributed by atoms with Crippen molar-refractivity contribution in [3.63, 3.8) is 0 Å². The van der Waals surface area contributed by atoms with E-state index in [-0.39, 0.29) is 0 Å². The van der Waals surface area contributed by atoms with Gasteiger partial charge in [0.1, 0.15) is 5.75 Å². The summed E-state index contributed by atoms with van der Waals surface area (Å²) < 4.78 is 7.34. The standard InChI is InChI=1S/C20H20N2O2/c1-14-18(20(21)23)12-19(16-8-10-17(24-2)11-9-16)22(14)13-15-6-4-3-5-7-15/h3-12H,13H2,1-2H3,(H2,21,23). The zero-order valence-electron chi connectivity index (χ0n) is 13.8. The van der Waals surface area contributed by atoms with E-state index in [4.69, 9.17) is 10.5 Å². The molecule has 1 heterocycles. The molecule has 0 aliphatic carbocycles. The Morgan fingerprint density at radius 1 is 1.08 bits per heavy atom. The van der Waals surface area contributed by atoms with E-state index in [2.05, 4.69) is 16.7 Å². The highest BCUT2D eigenvalue weighted by Gasteiger charge is 2.17. The molecule has 4 nitrogen and oxygen atoms in total. The number of methoxy groups -OCH3 is 1. The van der Waals surface area contributed by atoms with Crippen LogP contribution < -0.4 is 10.5 Å². The molecule has 3 aromatic rings. The predicted molar refractivity (Wildman–Crippen MR) is 95.2 cm³/mol. The summed E-state index contributed by atoms with van der Waals surface area (Å²) in [5.74, 6) is 0.390. The van der Waals surface area contributed by atoms with Crippen LogP contribution in [0.5, 0.6) is 5.75 Å². The van der Waals surface area contributed by atoms with E-state index in [1.165, 1.54) is 5.56 Å². The third-order valence-corrected chi connectivity index (χ3v) is 4.20. The molecule has 0 spiro atoms. The lowest BCUT2D eigenvalue weighted by Crippen LogP contribution is -2.12. The topological polar surface area (TPSA) is 57.2 Å². The van der Waals surface area contributed by atoms with Crippen LogP contribution in [-0.4, -0.2) is 17.6 Å². The number of nitrogens with two attached hydrogens (primary N) is 1. The fourth-order valence-corrected chi connectivity index (χ4v) is 2.87. The molecular formula is C20H20N2O2. The third kappa shape index (κ3) is 3.04. The Labute approximate surface area is 141 Å². The molecular weight excluding hydrogens is 300 g/mol. The second kappa shape index (κ2) is 6.62. The average molecular weight is 320 g/mol. The highest BCUT2D eigenvalue weighted by atomic mass is 16.5. The van der Waals surface area contributed by atoms with Gasteiger partial charge in [-0.25, -0.2) is 0 Å². The molecule has 0 aliphatic heterocycles. The Bertz CT molecular complexity index is 849. The van der Waals surface area contributed by atoms with Crippen molar-refractivity contribution in [1.29, 1.82) is 0 Å². The first-order valence-corrected chi connectivity index (χ1v) is 7.78. The van der Waals surface area contributed by atoms with Crippen molar-refractivity contribution in [2.24, 2.45) is 5.73 Å². The van der Waals surface area contributed by atoms with Gasteiger partial charge in [0.15, 0.2) is 0 Å². The quantitative estimate of drug-likeness (QED) is 0.780. The number of carbonyl (C=O) groups excluding carboxylic acids is 1. The maximum Gasteiger partial charge on any atom is 0.250 e. The molecule has 3 rings (SSSR count). The van der Waals surface area contributed by atoms with Crippen LogP contribution in [0.25, 0.3) is 11.3 Å². The average Bonchev–Trinajstić information content (AvgIpc) is 2.93. The number of aromatic nitrogens is 1. The summed E-state index contributed by atoms with van der Waals surface area (Å²) in [7, 11) is 1.64. The van der Waals surface area contributed by atoms with Gasteiger partial charge < -0.3 is 15.0 Å². The lowest BCUT2D eigenvalue weighted by molar-refractivity contribution is 0.0999. The van der Waals surface area contributed by atoms with Gasteiger partial charge in [0, 0.05) is 17.9 Å². The van der Waals surface area contributed by atoms with Crippen LogP contribution in [0.2, 0.25) is 0 Å². The Kier molecular flexibility index (Phi) is 4.38. The minimum atomic E-state index is -0.408. The van der Waals surface area contributed by atoms with Gasteiger partial charge in [0.2, 0.25) is 0 Å². The summed E-state index contributed by atoms with van der Waals surface area (Å²) >= 11 is 0. The van der Waals surface area contributed by atoms with Gasteiger partial charge in [-0.1, -0.05) is 30.3 Å². The molecule has 4 heteroatoms. The van der Waals surface area contributed by atoms with Crippen LogP contribution in [0.1, 0.15) is 21.6 Å². The fraction of sp³-hybridized carbons (Fsp3) is 0.150. The van der Waals surface area contributed by atoms with Gasteiger partial charge in [-0.2, -0.15) is 0 Å². The maximum atomic E-state index is 11.8. The number of rotatable bonds is 5. The van der Waals surface area contributed by atoms with Gasteiger partial charge in [-0.05, 0) is 48.4 Å². The van der Waals surface area contributed by atoms with Crippen molar-refractivity contribution in [3.8, 4) is 17.0 Å². The highest BCUT2D eigenvalue weighted by molar-refractivity contribution is 5.95. The summed E-state index contributed by atoms with van der Waals surface area (Å²) in [5.41, 5.74) is 10.1.